The smallest absolute Gasteiger partial charge is 0.293 e. The van der Waals surface area contributed by atoms with Crippen LogP contribution in [0.25, 0.3) is 6.08 Å². The summed E-state index contributed by atoms with van der Waals surface area (Å²) in [5.74, 6) is -0.118. The summed E-state index contributed by atoms with van der Waals surface area (Å²) in [5, 5.41) is 11.5. The number of carbonyl (C=O) groups excluding carboxylic acids is 1. The van der Waals surface area contributed by atoms with Crippen molar-refractivity contribution in [3.8, 4) is 0 Å². The van der Waals surface area contributed by atoms with Crippen molar-refractivity contribution in [2.75, 3.05) is 18.0 Å². The zero-order valence-corrected chi connectivity index (χ0v) is 14.9. The van der Waals surface area contributed by atoms with Crippen LogP contribution >= 0.6 is 0 Å². The van der Waals surface area contributed by atoms with Gasteiger partial charge in [0.2, 0.25) is 0 Å². The highest BCUT2D eigenvalue weighted by atomic mass is 16.6. The molecule has 1 aliphatic heterocycles. The predicted molar refractivity (Wildman–Crippen MR) is 104 cm³/mol. The first-order valence-corrected chi connectivity index (χ1v) is 8.87. The fraction of sp³-hybridized carbons (Fsp3) is 0.286. The maximum atomic E-state index is 12.2. The Morgan fingerprint density at radius 1 is 1.08 bits per heavy atom. The second-order valence-electron chi connectivity index (χ2n) is 6.62. The van der Waals surface area contributed by atoms with Crippen LogP contribution in [0, 0.1) is 17.0 Å². The number of piperidine rings is 1. The van der Waals surface area contributed by atoms with Gasteiger partial charge in [0.15, 0.2) is 5.78 Å². The van der Waals surface area contributed by atoms with Crippen molar-refractivity contribution in [3.05, 3.63) is 75.3 Å². The van der Waals surface area contributed by atoms with Crippen LogP contribution in [-0.4, -0.2) is 23.8 Å². The fourth-order valence-electron chi connectivity index (χ4n) is 3.18. The van der Waals surface area contributed by atoms with Crippen molar-refractivity contribution in [2.24, 2.45) is 0 Å². The Labute approximate surface area is 153 Å². The Kier molecular flexibility index (Phi) is 5.46. The standard InChI is InChI=1S/C21H22N2O3/c1-16-5-9-18(10-6-16)21(24)12-8-17-7-11-19(20(15-17)23(25)26)22-13-3-2-4-14-22/h5-12,15H,2-4,13-14H2,1H3/b12-8+. The molecule has 134 valence electrons. The lowest BCUT2D eigenvalue weighted by Crippen LogP contribution is -2.29. The molecule has 0 radical (unpaired) electrons. The van der Waals surface area contributed by atoms with E-state index in [0.29, 0.717) is 16.8 Å². The topological polar surface area (TPSA) is 63.5 Å². The van der Waals surface area contributed by atoms with Gasteiger partial charge in [0.25, 0.3) is 5.69 Å². The monoisotopic (exact) mass is 350 g/mol. The highest BCUT2D eigenvalue weighted by molar-refractivity contribution is 6.06. The third kappa shape index (κ3) is 4.17. The minimum absolute atomic E-state index is 0.0943. The van der Waals surface area contributed by atoms with Crippen molar-refractivity contribution in [3.63, 3.8) is 0 Å². The second-order valence-corrected chi connectivity index (χ2v) is 6.62. The van der Waals surface area contributed by atoms with Gasteiger partial charge in [-0.15, -0.1) is 0 Å². The first kappa shape index (κ1) is 17.9. The van der Waals surface area contributed by atoms with Gasteiger partial charge in [0, 0.05) is 24.7 Å². The molecule has 2 aromatic rings. The molecule has 1 saturated heterocycles. The summed E-state index contributed by atoms with van der Waals surface area (Å²) in [6, 6.07) is 12.5. The van der Waals surface area contributed by atoms with Crippen LogP contribution in [0.15, 0.2) is 48.5 Å². The molecule has 0 saturated carbocycles. The van der Waals surface area contributed by atoms with Gasteiger partial charge < -0.3 is 4.90 Å². The number of allylic oxidation sites excluding steroid dienone is 1. The van der Waals surface area contributed by atoms with Gasteiger partial charge in [-0.25, -0.2) is 0 Å². The summed E-state index contributed by atoms with van der Waals surface area (Å²) in [4.78, 5) is 25.5. The van der Waals surface area contributed by atoms with Crippen LogP contribution < -0.4 is 4.90 Å². The highest BCUT2D eigenvalue weighted by Gasteiger charge is 2.21. The lowest BCUT2D eigenvalue weighted by atomic mass is 10.1. The molecule has 0 atom stereocenters. The molecular formula is C21H22N2O3. The Hall–Kier alpha value is -2.95. The first-order chi connectivity index (χ1) is 12.5. The largest absolute Gasteiger partial charge is 0.366 e. The van der Waals surface area contributed by atoms with Gasteiger partial charge in [-0.3, -0.25) is 14.9 Å². The number of hydrogen-bond donors (Lipinski definition) is 0. The van der Waals surface area contributed by atoms with Crippen LogP contribution in [0.2, 0.25) is 0 Å². The summed E-state index contributed by atoms with van der Waals surface area (Å²) >= 11 is 0. The van der Waals surface area contributed by atoms with Crippen molar-refractivity contribution in [2.45, 2.75) is 26.2 Å². The highest BCUT2D eigenvalue weighted by Crippen LogP contribution is 2.31. The molecule has 3 rings (SSSR count). The maximum absolute atomic E-state index is 12.2. The third-order valence-electron chi connectivity index (χ3n) is 4.66. The number of carbonyl (C=O) groups is 1. The summed E-state index contributed by atoms with van der Waals surface area (Å²) in [6.45, 7) is 3.66. The molecule has 5 heteroatoms. The number of nitro benzene ring substituents is 1. The number of benzene rings is 2. The summed E-state index contributed by atoms with van der Waals surface area (Å²) in [7, 11) is 0. The summed E-state index contributed by atoms with van der Waals surface area (Å²) < 4.78 is 0. The van der Waals surface area contributed by atoms with Crippen LogP contribution in [0.5, 0.6) is 0 Å². The molecule has 0 N–H and O–H groups in total. The number of rotatable bonds is 5. The second kappa shape index (κ2) is 7.95. The van der Waals surface area contributed by atoms with Crippen molar-refractivity contribution < 1.29 is 9.72 Å². The average Bonchev–Trinajstić information content (AvgIpc) is 2.67. The number of hydrogen-bond acceptors (Lipinski definition) is 4. The molecule has 26 heavy (non-hydrogen) atoms. The Morgan fingerprint density at radius 3 is 2.42 bits per heavy atom. The van der Waals surface area contributed by atoms with Gasteiger partial charge >= 0.3 is 0 Å². The number of anilines is 1. The molecule has 0 aromatic heterocycles. The van der Waals surface area contributed by atoms with Gasteiger partial charge in [-0.2, -0.15) is 0 Å². The minimum atomic E-state index is -0.344. The lowest BCUT2D eigenvalue weighted by Gasteiger charge is -2.28. The summed E-state index contributed by atoms with van der Waals surface area (Å²) in [5.41, 5.74) is 3.10. The molecule has 1 aliphatic rings. The molecule has 1 heterocycles. The molecule has 2 aromatic carbocycles. The van der Waals surface area contributed by atoms with E-state index in [4.69, 9.17) is 0 Å². The van der Waals surface area contributed by atoms with E-state index >= 15 is 0 Å². The zero-order valence-electron chi connectivity index (χ0n) is 14.9. The van der Waals surface area contributed by atoms with E-state index in [1.165, 1.54) is 12.5 Å². The SMILES string of the molecule is Cc1ccc(C(=O)/C=C/c2ccc(N3CCCCC3)c([N+](=O)[O-])c2)cc1. The van der Waals surface area contributed by atoms with E-state index in [1.807, 2.05) is 25.1 Å². The quantitative estimate of drug-likeness (QED) is 0.337. The van der Waals surface area contributed by atoms with Crippen molar-refractivity contribution in [1.82, 2.24) is 0 Å². The number of ketones is 1. The van der Waals surface area contributed by atoms with E-state index in [9.17, 15) is 14.9 Å². The lowest BCUT2D eigenvalue weighted by molar-refractivity contribution is -0.384. The van der Waals surface area contributed by atoms with Gasteiger partial charge in [0.1, 0.15) is 5.69 Å². The van der Waals surface area contributed by atoms with Crippen LogP contribution in [-0.2, 0) is 0 Å². The first-order valence-electron chi connectivity index (χ1n) is 8.87. The maximum Gasteiger partial charge on any atom is 0.293 e. The van der Waals surface area contributed by atoms with E-state index in [0.717, 1.165) is 31.5 Å². The normalized spacial score (nSPS) is 14.6. The molecular weight excluding hydrogens is 328 g/mol. The van der Waals surface area contributed by atoms with Crippen LogP contribution in [0.1, 0.15) is 40.7 Å². The Bertz CT molecular complexity index is 835. The molecule has 0 unspecified atom stereocenters. The van der Waals surface area contributed by atoms with Gasteiger partial charge in [0.05, 0.1) is 4.92 Å². The molecule has 0 spiro atoms. The molecule has 0 amide bonds. The molecule has 1 fully saturated rings. The zero-order chi connectivity index (χ0) is 18.5. The summed E-state index contributed by atoms with van der Waals surface area (Å²) in [6.07, 6.45) is 6.39. The molecule has 0 bridgehead atoms. The number of nitrogens with zero attached hydrogens (tertiary/aromatic N) is 2. The Morgan fingerprint density at radius 2 is 1.77 bits per heavy atom. The van der Waals surface area contributed by atoms with E-state index < -0.39 is 0 Å². The van der Waals surface area contributed by atoms with E-state index in [2.05, 4.69) is 4.90 Å². The van der Waals surface area contributed by atoms with Gasteiger partial charge in [-0.05, 0) is 43.9 Å². The van der Waals surface area contributed by atoms with E-state index in [1.54, 1.807) is 30.3 Å². The number of nitro groups is 1. The van der Waals surface area contributed by atoms with E-state index in [-0.39, 0.29) is 16.4 Å². The third-order valence-corrected chi connectivity index (χ3v) is 4.66. The molecule has 0 aliphatic carbocycles. The average molecular weight is 350 g/mol. The predicted octanol–water partition coefficient (Wildman–Crippen LogP) is 4.79. The van der Waals surface area contributed by atoms with Gasteiger partial charge in [-0.1, -0.05) is 42.0 Å². The van der Waals surface area contributed by atoms with Crippen molar-refractivity contribution >= 4 is 23.2 Å². The van der Waals surface area contributed by atoms with Crippen LogP contribution in [0.3, 0.4) is 0 Å². The Balaban J connectivity index is 1.81. The fourth-order valence-corrected chi connectivity index (χ4v) is 3.18. The van der Waals surface area contributed by atoms with Crippen molar-refractivity contribution in [1.29, 1.82) is 0 Å². The number of aryl methyl sites for hydroxylation is 1. The molecule has 5 nitrogen and oxygen atoms in total. The minimum Gasteiger partial charge on any atom is -0.366 e. The van der Waals surface area contributed by atoms with Crippen LogP contribution in [0.4, 0.5) is 11.4 Å².